The topological polar surface area (TPSA) is 83.8 Å². The molecule has 2 heterocycles. The molecule has 0 aliphatic rings. The summed E-state index contributed by atoms with van der Waals surface area (Å²) in [7, 11) is 0. The number of anilines is 2. The minimum atomic E-state index is -0.200. The number of rotatable bonds is 2. The van der Waals surface area contributed by atoms with E-state index >= 15 is 0 Å². The second-order valence-electron chi connectivity index (χ2n) is 3.08. The third-order valence-corrected chi connectivity index (χ3v) is 2.69. The molecule has 0 radical (unpaired) electrons. The van der Waals surface area contributed by atoms with E-state index in [1.807, 2.05) is 5.38 Å². The van der Waals surface area contributed by atoms with Crippen LogP contribution in [-0.2, 0) is 0 Å². The molecule has 15 heavy (non-hydrogen) atoms. The van der Waals surface area contributed by atoms with Crippen molar-refractivity contribution in [2.24, 2.45) is 0 Å². The molecule has 2 aromatic heterocycles. The molecule has 0 unspecified atom stereocenters. The number of nitrogens with one attached hydrogen (secondary N) is 2. The lowest BCUT2D eigenvalue weighted by atomic mass is 10.3. The number of H-pyrrole nitrogens is 1. The average Bonchev–Trinajstić information content (AvgIpc) is 2.83. The van der Waals surface area contributed by atoms with Crippen LogP contribution in [0.25, 0.3) is 0 Å². The Hall–Kier alpha value is -1.82. The number of nitrogens with zero attached hydrogens (tertiary/aromatic N) is 1. The zero-order valence-corrected chi connectivity index (χ0v) is 8.89. The number of aromatic nitrogens is 2. The Labute approximate surface area is 90.3 Å². The summed E-state index contributed by atoms with van der Waals surface area (Å²) in [6.45, 7) is 1.79. The van der Waals surface area contributed by atoms with Crippen LogP contribution in [0.3, 0.4) is 0 Å². The number of carbonyl (C=O) groups is 1. The van der Waals surface area contributed by atoms with Crippen LogP contribution in [-0.4, -0.2) is 16.1 Å². The zero-order valence-electron chi connectivity index (χ0n) is 8.07. The van der Waals surface area contributed by atoms with Crippen molar-refractivity contribution < 1.29 is 4.79 Å². The number of aryl methyl sites for hydroxylation is 1. The van der Waals surface area contributed by atoms with Crippen LogP contribution >= 0.6 is 11.3 Å². The van der Waals surface area contributed by atoms with E-state index < -0.39 is 0 Å². The number of amides is 1. The predicted molar refractivity (Wildman–Crippen MR) is 60.0 cm³/mol. The van der Waals surface area contributed by atoms with E-state index in [0.29, 0.717) is 17.1 Å². The van der Waals surface area contributed by atoms with Gasteiger partial charge in [-0.2, -0.15) is 16.4 Å². The Bertz CT molecular complexity index is 474. The molecule has 0 aliphatic heterocycles. The molecule has 5 nitrogen and oxygen atoms in total. The number of carbonyl (C=O) groups excluding carboxylic acids is 1. The Kier molecular flexibility index (Phi) is 2.42. The van der Waals surface area contributed by atoms with E-state index in [9.17, 15) is 4.79 Å². The van der Waals surface area contributed by atoms with Crippen molar-refractivity contribution in [1.82, 2.24) is 10.2 Å². The molecule has 2 rings (SSSR count). The number of thiophene rings is 1. The van der Waals surface area contributed by atoms with Gasteiger partial charge in [-0.05, 0) is 18.4 Å². The van der Waals surface area contributed by atoms with E-state index in [1.54, 1.807) is 18.4 Å². The summed E-state index contributed by atoms with van der Waals surface area (Å²) in [4.78, 5) is 11.6. The smallest absolute Gasteiger partial charge is 0.257 e. The van der Waals surface area contributed by atoms with Crippen molar-refractivity contribution in [3.8, 4) is 0 Å². The molecule has 0 bridgehead atoms. The molecule has 4 N–H and O–H groups in total. The summed E-state index contributed by atoms with van der Waals surface area (Å²) in [5.74, 6) is 0.179. The fraction of sp³-hybridized carbons (Fsp3) is 0.111. The van der Waals surface area contributed by atoms with Gasteiger partial charge in [-0.25, -0.2) is 0 Å². The van der Waals surface area contributed by atoms with Gasteiger partial charge in [-0.3, -0.25) is 9.89 Å². The maximum Gasteiger partial charge on any atom is 0.257 e. The van der Waals surface area contributed by atoms with Gasteiger partial charge in [0, 0.05) is 5.38 Å². The number of nitrogens with two attached hydrogens (primary N) is 1. The summed E-state index contributed by atoms with van der Waals surface area (Å²) in [5.41, 5.74) is 7.53. The van der Waals surface area contributed by atoms with E-state index in [1.165, 1.54) is 11.3 Å². The molecule has 2 aromatic rings. The van der Waals surface area contributed by atoms with Gasteiger partial charge in [-0.15, -0.1) is 0 Å². The minimum absolute atomic E-state index is 0.200. The van der Waals surface area contributed by atoms with Gasteiger partial charge in [0.1, 0.15) is 0 Å². The van der Waals surface area contributed by atoms with Gasteiger partial charge in [0.2, 0.25) is 0 Å². The highest BCUT2D eigenvalue weighted by Gasteiger charge is 2.11. The highest BCUT2D eigenvalue weighted by molar-refractivity contribution is 7.08. The number of hydrogen-bond acceptors (Lipinski definition) is 4. The molecule has 0 aromatic carbocycles. The van der Waals surface area contributed by atoms with Crippen LogP contribution in [0.4, 0.5) is 11.5 Å². The summed E-state index contributed by atoms with van der Waals surface area (Å²) in [6.07, 6.45) is 0. The lowest BCUT2D eigenvalue weighted by Gasteiger charge is -2.00. The van der Waals surface area contributed by atoms with Gasteiger partial charge >= 0.3 is 0 Å². The normalized spacial score (nSPS) is 10.2. The summed E-state index contributed by atoms with van der Waals surface area (Å²) < 4.78 is 0. The number of aromatic amines is 1. The van der Waals surface area contributed by atoms with Gasteiger partial charge in [0.25, 0.3) is 5.91 Å². The van der Waals surface area contributed by atoms with Gasteiger partial charge < -0.3 is 11.1 Å². The van der Waals surface area contributed by atoms with Crippen LogP contribution in [0.15, 0.2) is 16.8 Å². The fourth-order valence-corrected chi connectivity index (χ4v) is 1.74. The predicted octanol–water partition coefficient (Wildman–Crippen LogP) is 1.61. The average molecular weight is 222 g/mol. The third-order valence-electron chi connectivity index (χ3n) is 2.01. The molecule has 78 valence electrons. The van der Waals surface area contributed by atoms with Crippen LogP contribution in [0.2, 0.25) is 0 Å². The van der Waals surface area contributed by atoms with Crippen molar-refractivity contribution in [1.29, 1.82) is 0 Å². The first-order chi connectivity index (χ1) is 7.18. The number of hydrogen-bond donors (Lipinski definition) is 3. The Morgan fingerprint density at radius 1 is 1.67 bits per heavy atom. The highest BCUT2D eigenvalue weighted by atomic mass is 32.1. The summed E-state index contributed by atoms with van der Waals surface area (Å²) in [5, 5.41) is 12.8. The Morgan fingerprint density at radius 3 is 3.00 bits per heavy atom. The largest absolute Gasteiger partial charge is 0.394 e. The van der Waals surface area contributed by atoms with Crippen molar-refractivity contribution in [3.05, 3.63) is 28.1 Å². The Balaban J connectivity index is 2.16. The maximum atomic E-state index is 11.6. The molecular formula is C9H10N4OS. The first-order valence-electron chi connectivity index (χ1n) is 4.32. The summed E-state index contributed by atoms with van der Waals surface area (Å²) >= 11 is 1.47. The molecule has 1 amide bonds. The van der Waals surface area contributed by atoms with E-state index in [-0.39, 0.29) is 5.91 Å². The summed E-state index contributed by atoms with van der Waals surface area (Å²) in [6, 6.07) is 1.75. The molecule has 0 atom stereocenters. The third kappa shape index (κ3) is 1.84. The lowest BCUT2D eigenvalue weighted by Crippen LogP contribution is -2.12. The van der Waals surface area contributed by atoms with E-state index in [4.69, 9.17) is 5.73 Å². The molecule has 0 fully saturated rings. The van der Waals surface area contributed by atoms with Crippen LogP contribution < -0.4 is 11.1 Å². The van der Waals surface area contributed by atoms with Crippen LogP contribution in [0, 0.1) is 6.92 Å². The van der Waals surface area contributed by atoms with Crippen molar-refractivity contribution in [2.45, 2.75) is 6.92 Å². The maximum absolute atomic E-state index is 11.6. The first kappa shape index (κ1) is 9.72. The van der Waals surface area contributed by atoms with E-state index in [0.717, 1.165) is 5.69 Å². The first-order valence-corrected chi connectivity index (χ1v) is 5.26. The second kappa shape index (κ2) is 3.74. The highest BCUT2D eigenvalue weighted by Crippen LogP contribution is 2.19. The number of nitrogen functional groups attached to an aromatic ring is 1. The molecule has 0 spiro atoms. The van der Waals surface area contributed by atoms with E-state index in [2.05, 4.69) is 15.5 Å². The SMILES string of the molecule is Cc1[nH]nc(NC(=O)c2ccsc2)c1N. The molecule has 0 saturated heterocycles. The lowest BCUT2D eigenvalue weighted by molar-refractivity contribution is 0.102. The molecule has 6 heteroatoms. The fourth-order valence-electron chi connectivity index (χ4n) is 1.11. The van der Waals surface area contributed by atoms with Crippen molar-refractivity contribution >= 4 is 28.7 Å². The van der Waals surface area contributed by atoms with Gasteiger partial charge in [0.15, 0.2) is 5.82 Å². The molecule has 0 aliphatic carbocycles. The monoisotopic (exact) mass is 222 g/mol. The van der Waals surface area contributed by atoms with Crippen LogP contribution in [0.1, 0.15) is 16.1 Å². The van der Waals surface area contributed by atoms with Gasteiger partial charge in [-0.1, -0.05) is 0 Å². The van der Waals surface area contributed by atoms with Crippen molar-refractivity contribution in [2.75, 3.05) is 11.1 Å². The van der Waals surface area contributed by atoms with Gasteiger partial charge in [0.05, 0.1) is 16.9 Å². The standard InChI is InChI=1S/C9H10N4OS/c1-5-7(10)8(13-12-5)11-9(14)6-2-3-15-4-6/h2-4H,10H2,1H3,(H2,11,12,13,14). The second-order valence-corrected chi connectivity index (χ2v) is 3.86. The molecule has 0 saturated carbocycles. The van der Waals surface area contributed by atoms with Crippen molar-refractivity contribution in [3.63, 3.8) is 0 Å². The Morgan fingerprint density at radius 2 is 2.47 bits per heavy atom. The van der Waals surface area contributed by atoms with Crippen LogP contribution in [0.5, 0.6) is 0 Å². The molecular weight excluding hydrogens is 212 g/mol. The zero-order chi connectivity index (χ0) is 10.8. The quantitative estimate of drug-likeness (QED) is 0.721. The minimum Gasteiger partial charge on any atom is -0.394 e.